The molecule has 8 heteroatoms. The summed E-state index contributed by atoms with van der Waals surface area (Å²) in [6, 6.07) is -0.0990. The number of rotatable bonds is 2. The summed E-state index contributed by atoms with van der Waals surface area (Å²) in [6.45, 7) is 8.41. The minimum atomic E-state index is -1.11. The van der Waals surface area contributed by atoms with Gasteiger partial charge in [0, 0.05) is 13.1 Å². The van der Waals surface area contributed by atoms with E-state index in [1.54, 1.807) is 4.90 Å². The van der Waals surface area contributed by atoms with Crippen molar-refractivity contribution in [2.24, 2.45) is 5.92 Å². The van der Waals surface area contributed by atoms with Gasteiger partial charge in [-0.2, -0.15) is 0 Å². The Morgan fingerprint density at radius 2 is 2.05 bits per heavy atom. The standard InChI is InChI=1S/C13H20N4O4/c1-8-5-16(12(20)21-13(2,3)4)7-10(8)17-6-9(11(18)19)14-15-17/h6,8,10H,5,7H2,1-4H3,(H,18,19)/t8-,10-/m1/s1. The Morgan fingerprint density at radius 3 is 2.57 bits per heavy atom. The van der Waals surface area contributed by atoms with E-state index in [4.69, 9.17) is 9.84 Å². The van der Waals surface area contributed by atoms with Crippen LogP contribution >= 0.6 is 0 Å². The third-order valence-electron chi connectivity index (χ3n) is 3.29. The number of ether oxygens (including phenoxy) is 1. The van der Waals surface area contributed by atoms with Crippen LogP contribution in [-0.2, 0) is 4.74 Å². The molecule has 0 aliphatic carbocycles. The van der Waals surface area contributed by atoms with Crippen LogP contribution in [-0.4, -0.2) is 55.8 Å². The molecule has 1 N–H and O–H groups in total. The van der Waals surface area contributed by atoms with Crippen molar-refractivity contribution in [1.29, 1.82) is 0 Å². The van der Waals surface area contributed by atoms with Crippen LogP contribution in [0.3, 0.4) is 0 Å². The average Bonchev–Trinajstić information content (AvgIpc) is 2.92. The molecule has 1 aromatic heterocycles. The molecule has 1 aliphatic rings. The number of amides is 1. The van der Waals surface area contributed by atoms with E-state index in [2.05, 4.69) is 10.3 Å². The van der Waals surface area contributed by atoms with Crippen LogP contribution in [0, 0.1) is 5.92 Å². The van der Waals surface area contributed by atoms with Gasteiger partial charge in [-0.3, -0.25) is 0 Å². The van der Waals surface area contributed by atoms with Crippen LogP contribution in [0.25, 0.3) is 0 Å². The molecular formula is C13H20N4O4. The Hall–Kier alpha value is -2.12. The first-order chi connectivity index (χ1) is 9.67. The molecule has 8 nitrogen and oxygen atoms in total. The number of carboxylic acids is 1. The number of hydrogen-bond donors (Lipinski definition) is 1. The Bertz CT molecular complexity index is 549. The molecule has 0 saturated carbocycles. The Kier molecular flexibility index (Phi) is 3.89. The van der Waals surface area contributed by atoms with E-state index in [9.17, 15) is 9.59 Å². The molecule has 1 fully saturated rings. The second-order valence-corrected chi connectivity index (χ2v) is 6.32. The summed E-state index contributed by atoms with van der Waals surface area (Å²) in [4.78, 5) is 24.5. The Morgan fingerprint density at radius 1 is 1.38 bits per heavy atom. The monoisotopic (exact) mass is 296 g/mol. The van der Waals surface area contributed by atoms with Crippen LogP contribution in [0.5, 0.6) is 0 Å². The highest BCUT2D eigenvalue weighted by Gasteiger charge is 2.36. The maximum atomic E-state index is 12.1. The molecule has 0 aromatic carbocycles. The van der Waals surface area contributed by atoms with Gasteiger partial charge >= 0.3 is 12.1 Å². The summed E-state index contributed by atoms with van der Waals surface area (Å²) in [7, 11) is 0. The molecule has 0 spiro atoms. The molecule has 1 saturated heterocycles. The van der Waals surface area contributed by atoms with Crippen molar-refractivity contribution in [3.8, 4) is 0 Å². The van der Waals surface area contributed by atoms with Gasteiger partial charge in [-0.1, -0.05) is 12.1 Å². The van der Waals surface area contributed by atoms with Crippen LogP contribution < -0.4 is 0 Å². The van der Waals surface area contributed by atoms with Crippen molar-refractivity contribution in [2.45, 2.75) is 39.3 Å². The molecule has 0 unspecified atom stereocenters. The zero-order chi connectivity index (χ0) is 15.8. The van der Waals surface area contributed by atoms with E-state index in [-0.39, 0.29) is 23.7 Å². The Balaban J connectivity index is 2.07. The molecule has 1 amide bonds. The summed E-state index contributed by atoms with van der Waals surface area (Å²) in [5.41, 5.74) is -0.639. The summed E-state index contributed by atoms with van der Waals surface area (Å²) >= 11 is 0. The number of likely N-dealkylation sites (tertiary alicyclic amines) is 1. The van der Waals surface area contributed by atoms with Gasteiger partial charge in [0.05, 0.1) is 12.2 Å². The van der Waals surface area contributed by atoms with E-state index in [1.807, 2.05) is 27.7 Å². The van der Waals surface area contributed by atoms with Crippen molar-refractivity contribution < 1.29 is 19.4 Å². The molecule has 1 aliphatic heterocycles. The topological polar surface area (TPSA) is 97.5 Å². The van der Waals surface area contributed by atoms with E-state index in [0.29, 0.717) is 13.1 Å². The lowest BCUT2D eigenvalue weighted by Crippen LogP contribution is -2.35. The summed E-state index contributed by atoms with van der Waals surface area (Å²) < 4.78 is 6.86. The minimum Gasteiger partial charge on any atom is -0.476 e. The van der Waals surface area contributed by atoms with Gasteiger partial charge in [-0.05, 0) is 26.7 Å². The lowest BCUT2D eigenvalue weighted by molar-refractivity contribution is 0.0284. The number of carbonyl (C=O) groups excluding carboxylic acids is 1. The average molecular weight is 296 g/mol. The zero-order valence-electron chi connectivity index (χ0n) is 12.6. The molecule has 1 aromatic rings. The van der Waals surface area contributed by atoms with Crippen molar-refractivity contribution in [3.05, 3.63) is 11.9 Å². The number of aromatic carboxylic acids is 1. The zero-order valence-corrected chi connectivity index (χ0v) is 12.6. The van der Waals surface area contributed by atoms with E-state index >= 15 is 0 Å². The maximum absolute atomic E-state index is 12.1. The lowest BCUT2D eigenvalue weighted by atomic mass is 10.1. The highest BCUT2D eigenvalue weighted by molar-refractivity contribution is 5.84. The number of hydrogen-bond acceptors (Lipinski definition) is 5. The molecule has 116 valence electrons. The van der Waals surface area contributed by atoms with Gasteiger partial charge in [0.25, 0.3) is 0 Å². The molecule has 2 rings (SSSR count). The van der Waals surface area contributed by atoms with Gasteiger partial charge in [-0.15, -0.1) is 5.10 Å². The van der Waals surface area contributed by atoms with Gasteiger partial charge in [0.15, 0.2) is 5.69 Å². The summed E-state index contributed by atoms with van der Waals surface area (Å²) in [6.07, 6.45) is 1.03. The van der Waals surface area contributed by atoms with Crippen LogP contribution in [0.2, 0.25) is 0 Å². The minimum absolute atomic E-state index is 0.0990. The normalized spacial score (nSPS) is 22.4. The summed E-state index contributed by atoms with van der Waals surface area (Å²) in [5, 5.41) is 16.3. The lowest BCUT2D eigenvalue weighted by Gasteiger charge is -2.24. The summed E-state index contributed by atoms with van der Waals surface area (Å²) in [5.74, 6) is -0.975. The second-order valence-electron chi connectivity index (χ2n) is 6.32. The van der Waals surface area contributed by atoms with Gasteiger partial charge in [0.1, 0.15) is 5.60 Å². The van der Waals surface area contributed by atoms with Gasteiger partial charge in [-0.25, -0.2) is 14.3 Å². The van der Waals surface area contributed by atoms with Crippen molar-refractivity contribution in [3.63, 3.8) is 0 Å². The third kappa shape index (κ3) is 3.50. The smallest absolute Gasteiger partial charge is 0.410 e. The predicted molar refractivity (Wildman–Crippen MR) is 73.0 cm³/mol. The fraction of sp³-hybridized carbons (Fsp3) is 0.692. The van der Waals surface area contributed by atoms with Crippen LogP contribution in [0.15, 0.2) is 6.20 Å². The second kappa shape index (κ2) is 5.34. The van der Waals surface area contributed by atoms with Crippen molar-refractivity contribution in [1.82, 2.24) is 19.9 Å². The highest BCUT2D eigenvalue weighted by atomic mass is 16.6. The predicted octanol–water partition coefficient (Wildman–Crippen LogP) is 1.40. The van der Waals surface area contributed by atoms with E-state index < -0.39 is 11.6 Å². The first-order valence-corrected chi connectivity index (χ1v) is 6.80. The molecular weight excluding hydrogens is 276 g/mol. The first kappa shape index (κ1) is 15.3. The molecule has 21 heavy (non-hydrogen) atoms. The molecule has 0 bridgehead atoms. The van der Waals surface area contributed by atoms with Crippen LogP contribution in [0.1, 0.15) is 44.2 Å². The number of carboxylic acid groups (broad SMARTS) is 1. The van der Waals surface area contributed by atoms with Gasteiger partial charge in [0.2, 0.25) is 0 Å². The first-order valence-electron chi connectivity index (χ1n) is 6.80. The largest absolute Gasteiger partial charge is 0.476 e. The number of nitrogens with zero attached hydrogens (tertiary/aromatic N) is 4. The SMILES string of the molecule is C[C@@H]1CN(C(=O)OC(C)(C)C)C[C@H]1n1cc(C(=O)O)nn1. The molecule has 2 heterocycles. The third-order valence-corrected chi connectivity index (χ3v) is 3.29. The maximum Gasteiger partial charge on any atom is 0.410 e. The number of aromatic nitrogens is 3. The molecule has 0 radical (unpaired) electrons. The van der Waals surface area contributed by atoms with E-state index in [0.717, 1.165) is 0 Å². The Labute approximate surface area is 122 Å². The highest BCUT2D eigenvalue weighted by Crippen LogP contribution is 2.28. The van der Waals surface area contributed by atoms with Crippen LogP contribution in [0.4, 0.5) is 4.79 Å². The van der Waals surface area contributed by atoms with Crippen molar-refractivity contribution in [2.75, 3.05) is 13.1 Å². The molecule has 2 atom stereocenters. The van der Waals surface area contributed by atoms with Crippen molar-refractivity contribution >= 4 is 12.1 Å². The number of carbonyl (C=O) groups is 2. The fourth-order valence-electron chi connectivity index (χ4n) is 2.31. The van der Waals surface area contributed by atoms with E-state index in [1.165, 1.54) is 10.9 Å². The fourth-order valence-corrected chi connectivity index (χ4v) is 2.31. The quantitative estimate of drug-likeness (QED) is 0.886. The van der Waals surface area contributed by atoms with Gasteiger partial charge < -0.3 is 14.7 Å².